The van der Waals surface area contributed by atoms with Gasteiger partial charge in [0, 0.05) is 12.8 Å². The highest BCUT2D eigenvalue weighted by atomic mass is 16.5. The number of esters is 1. The van der Waals surface area contributed by atoms with Gasteiger partial charge in [-0.2, -0.15) is 0 Å². The second-order valence-corrected chi connectivity index (χ2v) is 14.1. The number of aliphatic hydroxyl groups excluding tert-OH is 1. The molecule has 0 radical (unpaired) electrons. The number of carbonyl (C=O) groups excluding carboxylic acids is 3. The van der Waals surface area contributed by atoms with Gasteiger partial charge < -0.3 is 25.6 Å². The summed E-state index contributed by atoms with van der Waals surface area (Å²) in [5, 5.41) is 22.5. The van der Waals surface area contributed by atoms with E-state index in [9.17, 15) is 19.2 Å². The lowest BCUT2D eigenvalue weighted by molar-refractivity contribution is -0.150. The Hall–Kier alpha value is -2.42. The number of rotatable bonds is 37. The molecule has 0 fully saturated rings. The fourth-order valence-corrected chi connectivity index (χ4v) is 6.05. The highest BCUT2D eigenvalue weighted by molar-refractivity contribution is 5.87. The Kier molecular flexibility index (Phi) is 34.6. The van der Waals surface area contributed by atoms with Crippen LogP contribution >= 0.6 is 0 Å². The number of aliphatic hydroxyl groups is 1. The minimum atomic E-state index is -1.38. The van der Waals surface area contributed by atoms with E-state index < -0.39 is 24.5 Å². The first-order chi connectivity index (χ1) is 24.3. The first-order valence-corrected chi connectivity index (χ1v) is 20.6. The lowest BCUT2D eigenvalue weighted by atomic mass is 10.0. The Balaban J connectivity index is 4.29. The smallest absolute Gasteiger partial charge is 0.328 e. The molecular formula is C41H76N2O7. The van der Waals surface area contributed by atoms with Crippen molar-refractivity contribution in [3.05, 3.63) is 12.2 Å². The van der Waals surface area contributed by atoms with Crippen LogP contribution in [-0.4, -0.2) is 59.3 Å². The first kappa shape index (κ1) is 47.6. The van der Waals surface area contributed by atoms with Gasteiger partial charge in [-0.15, -0.1) is 0 Å². The van der Waals surface area contributed by atoms with Gasteiger partial charge in [-0.3, -0.25) is 14.4 Å². The van der Waals surface area contributed by atoms with Gasteiger partial charge in [0.1, 0.15) is 12.1 Å². The van der Waals surface area contributed by atoms with E-state index in [2.05, 4.69) is 36.6 Å². The van der Waals surface area contributed by atoms with Gasteiger partial charge in [0.05, 0.1) is 13.2 Å². The molecule has 0 aliphatic heterocycles. The molecule has 50 heavy (non-hydrogen) atoms. The molecule has 0 spiro atoms. The van der Waals surface area contributed by atoms with Crippen molar-refractivity contribution >= 4 is 23.8 Å². The molecule has 2 unspecified atom stereocenters. The Morgan fingerprint density at radius 2 is 1.04 bits per heavy atom. The van der Waals surface area contributed by atoms with Crippen molar-refractivity contribution in [1.82, 2.24) is 10.6 Å². The Morgan fingerprint density at radius 1 is 0.580 bits per heavy atom. The maximum atomic E-state index is 12.7. The molecule has 0 aliphatic carbocycles. The van der Waals surface area contributed by atoms with E-state index in [1.165, 1.54) is 103 Å². The van der Waals surface area contributed by atoms with E-state index in [1.807, 2.05) is 0 Å². The van der Waals surface area contributed by atoms with Gasteiger partial charge >= 0.3 is 11.9 Å². The summed E-state index contributed by atoms with van der Waals surface area (Å²) in [7, 11) is 0. The number of aliphatic carboxylic acids is 1. The molecule has 292 valence electrons. The summed E-state index contributed by atoms with van der Waals surface area (Å²) in [6.45, 7) is 3.45. The van der Waals surface area contributed by atoms with Crippen LogP contribution in [0.4, 0.5) is 0 Å². The fraction of sp³-hybridized carbons (Fsp3) is 0.854. The van der Waals surface area contributed by atoms with Crippen LogP contribution < -0.4 is 10.6 Å². The molecule has 2 atom stereocenters. The molecule has 4 N–H and O–H groups in total. The Bertz CT molecular complexity index is 864. The van der Waals surface area contributed by atoms with Crippen LogP contribution in [-0.2, 0) is 23.9 Å². The highest BCUT2D eigenvalue weighted by Crippen LogP contribution is 2.19. The third kappa shape index (κ3) is 32.8. The van der Waals surface area contributed by atoms with E-state index in [-0.39, 0.29) is 24.5 Å². The molecule has 0 aromatic carbocycles. The van der Waals surface area contributed by atoms with Crippen LogP contribution in [0.25, 0.3) is 0 Å². The van der Waals surface area contributed by atoms with E-state index >= 15 is 0 Å². The largest absolute Gasteiger partial charge is 0.480 e. The quantitative estimate of drug-likeness (QED) is 0.0286. The number of hydrogen-bond donors (Lipinski definition) is 4. The molecule has 0 saturated carbocycles. The van der Waals surface area contributed by atoms with Crippen molar-refractivity contribution in [1.29, 1.82) is 0 Å². The average Bonchev–Trinajstić information content (AvgIpc) is 3.10. The number of amides is 2. The lowest BCUT2D eigenvalue weighted by Gasteiger charge is -2.18. The third-order valence-electron chi connectivity index (χ3n) is 9.26. The van der Waals surface area contributed by atoms with Crippen molar-refractivity contribution in [3.63, 3.8) is 0 Å². The number of hydrogen-bond acceptors (Lipinski definition) is 6. The van der Waals surface area contributed by atoms with Gasteiger partial charge in [-0.25, -0.2) is 4.79 Å². The summed E-state index contributed by atoms with van der Waals surface area (Å²) in [5.41, 5.74) is 0. The van der Waals surface area contributed by atoms with Gasteiger partial charge in [0.25, 0.3) is 0 Å². The summed E-state index contributed by atoms with van der Waals surface area (Å²) in [6, 6.07) is -1.38. The van der Waals surface area contributed by atoms with Crippen molar-refractivity contribution < 1.29 is 34.1 Å². The SMILES string of the molecule is CCCC/C=C\CCCCCCCC(=O)OC(CCCCCCCCCCCCC)CCCCCCCC(=O)NCC(=O)NC(CO)C(=O)O. The molecule has 0 rings (SSSR count). The fourth-order valence-electron chi connectivity index (χ4n) is 6.05. The van der Waals surface area contributed by atoms with Crippen molar-refractivity contribution in [3.8, 4) is 0 Å². The second kappa shape index (κ2) is 36.4. The van der Waals surface area contributed by atoms with E-state index in [0.29, 0.717) is 19.3 Å². The predicted molar refractivity (Wildman–Crippen MR) is 204 cm³/mol. The van der Waals surface area contributed by atoms with Crippen molar-refractivity contribution in [2.45, 2.75) is 212 Å². The summed E-state index contributed by atoms with van der Waals surface area (Å²) >= 11 is 0. The molecule has 0 bridgehead atoms. The number of unbranched alkanes of at least 4 members (excludes halogenated alkanes) is 21. The number of allylic oxidation sites excluding steroid dienone is 2. The molecular weight excluding hydrogens is 632 g/mol. The normalized spacial score (nSPS) is 12.5. The van der Waals surface area contributed by atoms with Crippen LogP contribution in [0, 0.1) is 0 Å². The van der Waals surface area contributed by atoms with Crippen LogP contribution in [0.3, 0.4) is 0 Å². The van der Waals surface area contributed by atoms with Gasteiger partial charge in [0.2, 0.25) is 11.8 Å². The summed E-state index contributed by atoms with van der Waals surface area (Å²) in [5.74, 6) is -2.29. The zero-order chi connectivity index (χ0) is 36.9. The number of ether oxygens (including phenoxy) is 1. The zero-order valence-corrected chi connectivity index (χ0v) is 32.2. The van der Waals surface area contributed by atoms with Crippen LogP contribution in [0.5, 0.6) is 0 Å². The first-order valence-electron chi connectivity index (χ1n) is 20.6. The lowest BCUT2D eigenvalue weighted by Crippen LogP contribution is -2.47. The average molecular weight is 709 g/mol. The minimum Gasteiger partial charge on any atom is -0.480 e. The molecule has 0 aromatic rings. The molecule has 0 aliphatic rings. The molecule has 0 saturated heterocycles. The Morgan fingerprint density at radius 3 is 1.56 bits per heavy atom. The van der Waals surface area contributed by atoms with E-state index in [4.69, 9.17) is 14.9 Å². The molecule has 0 aromatic heterocycles. The van der Waals surface area contributed by atoms with Gasteiger partial charge in [0.15, 0.2) is 0 Å². The molecule has 2 amide bonds. The zero-order valence-electron chi connectivity index (χ0n) is 32.2. The number of carboxylic acids is 1. The monoisotopic (exact) mass is 709 g/mol. The van der Waals surface area contributed by atoms with Crippen LogP contribution in [0.15, 0.2) is 12.2 Å². The van der Waals surface area contributed by atoms with Crippen molar-refractivity contribution in [2.75, 3.05) is 13.2 Å². The van der Waals surface area contributed by atoms with Crippen LogP contribution in [0.2, 0.25) is 0 Å². The number of carboxylic acid groups (broad SMARTS) is 1. The maximum Gasteiger partial charge on any atom is 0.328 e. The molecule has 9 heteroatoms. The summed E-state index contributed by atoms with van der Waals surface area (Å²) in [4.78, 5) is 47.4. The predicted octanol–water partition coefficient (Wildman–Crippen LogP) is 9.49. The second-order valence-electron chi connectivity index (χ2n) is 14.1. The maximum absolute atomic E-state index is 12.7. The Labute approximate surface area is 305 Å². The van der Waals surface area contributed by atoms with E-state index in [1.54, 1.807) is 0 Å². The topological polar surface area (TPSA) is 142 Å². The standard InChI is InChI=1S/C41H76N2O7/c1-3-5-7-9-11-13-15-17-19-22-26-30-36(50-40(47)33-29-25-20-18-16-14-12-10-8-6-4-2)31-27-23-21-24-28-32-38(45)42-34-39(46)43-37(35-44)41(48)49/h10,12,36-37,44H,3-9,11,13-35H2,1-2H3,(H,42,45)(H,43,46)(H,48,49)/b12-10-. The summed E-state index contributed by atoms with van der Waals surface area (Å²) < 4.78 is 6.00. The van der Waals surface area contributed by atoms with Gasteiger partial charge in [-0.05, 0) is 57.8 Å². The molecule has 9 nitrogen and oxygen atoms in total. The number of nitrogens with one attached hydrogen (secondary N) is 2. The highest BCUT2D eigenvalue weighted by Gasteiger charge is 2.19. The number of carbonyl (C=O) groups is 4. The molecule has 0 heterocycles. The third-order valence-corrected chi connectivity index (χ3v) is 9.26. The minimum absolute atomic E-state index is 0.0101. The summed E-state index contributed by atoms with van der Waals surface area (Å²) in [6.07, 6.45) is 36.6. The van der Waals surface area contributed by atoms with Gasteiger partial charge in [-0.1, -0.05) is 142 Å². The van der Waals surface area contributed by atoms with Crippen molar-refractivity contribution in [2.24, 2.45) is 0 Å². The van der Waals surface area contributed by atoms with E-state index in [0.717, 1.165) is 64.2 Å². The van der Waals surface area contributed by atoms with Crippen LogP contribution in [0.1, 0.15) is 200 Å².